The van der Waals surface area contributed by atoms with Gasteiger partial charge in [-0.2, -0.15) is 8.42 Å². The summed E-state index contributed by atoms with van der Waals surface area (Å²) < 4.78 is 28.5. The van der Waals surface area contributed by atoms with Crippen molar-refractivity contribution in [1.29, 1.82) is 0 Å². The normalized spacial score (nSPS) is 11.6. The smallest absolute Gasteiger partial charge is 0.268 e. The molecule has 0 spiro atoms. The molecular formula is C12H28NO3S+. The predicted molar refractivity (Wildman–Crippen MR) is 73.7 cm³/mol. The minimum absolute atomic E-state index is 0.368. The van der Waals surface area contributed by atoms with Crippen molar-refractivity contribution in [2.45, 2.75) is 32.6 Å². The third kappa shape index (κ3) is 25.7. The van der Waals surface area contributed by atoms with Gasteiger partial charge in [-0.3, -0.25) is 4.55 Å². The summed E-state index contributed by atoms with van der Waals surface area (Å²) in [6.07, 6.45) is 6.66. The first-order chi connectivity index (χ1) is 7.62. The maximum atomic E-state index is 9.72. The van der Waals surface area contributed by atoms with Crippen LogP contribution in [0.2, 0.25) is 0 Å². The zero-order chi connectivity index (χ0) is 13.9. The molecule has 0 aliphatic carbocycles. The Hall–Kier alpha value is -0.390. The maximum absolute atomic E-state index is 9.72. The molecule has 0 saturated carbocycles. The molecule has 0 aromatic heterocycles. The third-order valence-corrected chi connectivity index (χ3v) is 2.67. The Kier molecular flexibility index (Phi) is 10.7. The standard InChI is InChI=1S/C9H22N.C3H6O3S/c1-5-6-7-8-9-10(2,3)4;1-2-3-7(4,5)6/h5-9H2,1-4H3;2H,1,3H2,(H,4,5,6)/q+1;. The van der Waals surface area contributed by atoms with Gasteiger partial charge in [-0.05, 0) is 12.8 Å². The first kappa shape index (κ1) is 19.0. The van der Waals surface area contributed by atoms with E-state index in [4.69, 9.17) is 4.55 Å². The zero-order valence-electron chi connectivity index (χ0n) is 11.6. The lowest BCUT2D eigenvalue weighted by atomic mass is 10.2. The van der Waals surface area contributed by atoms with E-state index in [1.54, 1.807) is 0 Å². The van der Waals surface area contributed by atoms with Crippen molar-refractivity contribution < 1.29 is 17.5 Å². The van der Waals surface area contributed by atoms with Gasteiger partial charge in [0.05, 0.1) is 33.4 Å². The topological polar surface area (TPSA) is 54.4 Å². The van der Waals surface area contributed by atoms with Crippen LogP contribution in [0.5, 0.6) is 0 Å². The highest BCUT2D eigenvalue weighted by Gasteiger charge is 2.04. The van der Waals surface area contributed by atoms with Crippen molar-refractivity contribution in [3.8, 4) is 0 Å². The number of rotatable bonds is 7. The Morgan fingerprint density at radius 1 is 1.18 bits per heavy atom. The van der Waals surface area contributed by atoms with Gasteiger partial charge in [0, 0.05) is 0 Å². The second-order valence-electron chi connectivity index (χ2n) is 5.11. The summed E-state index contributed by atoms with van der Waals surface area (Å²) in [7, 11) is 2.98. The predicted octanol–water partition coefficient (Wildman–Crippen LogP) is 2.33. The lowest BCUT2D eigenvalue weighted by Gasteiger charge is -2.23. The van der Waals surface area contributed by atoms with E-state index < -0.39 is 10.1 Å². The highest BCUT2D eigenvalue weighted by atomic mass is 32.2. The Morgan fingerprint density at radius 2 is 1.71 bits per heavy atom. The number of nitrogens with zero attached hydrogens (tertiary/aromatic N) is 1. The second kappa shape index (κ2) is 9.62. The zero-order valence-corrected chi connectivity index (χ0v) is 12.5. The van der Waals surface area contributed by atoms with Gasteiger partial charge in [-0.1, -0.05) is 25.8 Å². The fraction of sp³-hybridized carbons (Fsp3) is 0.833. The average Bonchev–Trinajstić information content (AvgIpc) is 2.10. The van der Waals surface area contributed by atoms with Gasteiger partial charge < -0.3 is 4.48 Å². The van der Waals surface area contributed by atoms with Crippen LogP contribution >= 0.6 is 0 Å². The van der Waals surface area contributed by atoms with E-state index in [9.17, 15) is 8.42 Å². The molecule has 0 aromatic carbocycles. The molecule has 0 radical (unpaired) electrons. The Balaban J connectivity index is 0. The van der Waals surface area contributed by atoms with Gasteiger partial charge in [0.2, 0.25) is 0 Å². The molecule has 0 unspecified atom stereocenters. The van der Waals surface area contributed by atoms with Crippen LogP contribution in [-0.4, -0.2) is 50.9 Å². The molecule has 4 nitrogen and oxygen atoms in total. The van der Waals surface area contributed by atoms with Crippen molar-refractivity contribution >= 4 is 10.1 Å². The lowest BCUT2D eigenvalue weighted by Crippen LogP contribution is -2.35. The molecule has 0 aliphatic heterocycles. The average molecular weight is 266 g/mol. The van der Waals surface area contributed by atoms with Crippen LogP contribution in [0.3, 0.4) is 0 Å². The van der Waals surface area contributed by atoms with Gasteiger partial charge in [-0.25, -0.2) is 0 Å². The molecule has 0 heterocycles. The van der Waals surface area contributed by atoms with E-state index in [1.165, 1.54) is 32.2 Å². The summed E-state index contributed by atoms with van der Waals surface area (Å²) in [5.74, 6) is -0.368. The summed E-state index contributed by atoms with van der Waals surface area (Å²) in [5, 5.41) is 0. The summed E-state index contributed by atoms with van der Waals surface area (Å²) >= 11 is 0. The molecule has 0 aliphatic rings. The summed E-state index contributed by atoms with van der Waals surface area (Å²) in [6.45, 7) is 6.68. The van der Waals surface area contributed by atoms with Crippen LogP contribution in [0, 0.1) is 0 Å². The highest BCUT2D eigenvalue weighted by Crippen LogP contribution is 2.01. The molecule has 0 rings (SSSR count). The molecular weight excluding hydrogens is 238 g/mol. The highest BCUT2D eigenvalue weighted by molar-refractivity contribution is 7.85. The Morgan fingerprint density at radius 3 is 1.94 bits per heavy atom. The quantitative estimate of drug-likeness (QED) is 0.333. The van der Waals surface area contributed by atoms with Crippen molar-refractivity contribution in [2.75, 3.05) is 33.4 Å². The first-order valence-corrected chi connectivity index (χ1v) is 7.60. The number of hydrogen-bond acceptors (Lipinski definition) is 2. The van der Waals surface area contributed by atoms with Crippen LogP contribution in [0.1, 0.15) is 32.6 Å². The number of quaternary nitrogens is 1. The molecule has 0 aromatic rings. The maximum Gasteiger partial charge on any atom is 0.268 e. The number of hydrogen-bond donors (Lipinski definition) is 1. The number of unbranched alkanes of at least 4 members (excludes halogenated alkanes) is 3. The summed E-state index contributed by atoms with van der Waals surface area (Å²) in [4.78, 5) is 0. The molecule has 0 bridgehead atoms. The van der Waals surface area contributed by atoms with Crippen LogP contribution in [0.25, 0.3) is 0 Å². The largest absolute Gasteiger partial charge is 0.331 e. The van der Waals surface area contributed by atoms with Crippen molar-refractivity contribution in [2.24, 2.45) is 0 Å². The summed E-state index contributed by atoms with van der Waals surface area (Å²) in [5.41, 5.74) is 0. The minimum atomic E-state index is -3.79. The van der Waals surface area contributed by atoms with E-state index >= 15 is 0 Å². The van der Waals surface area contributed by atoms with Crippen LogP contribution < -0.4 is 0 Å². The first-order valence-electron chi connectivity index (χ1n) is 5.99. The minimum Gasteiger partial charge on any atom is -0.331 e. The molecule has 5 heteroatoms. The fourth-order valence-corrected chi connectivity index (χ4v) is 1.46. The van der Waals surface area contributed by atoms with E-state index in [0.29, 0.717) is 0 Å². The summed E-state index contributed by atoms with van der Waals surface area (Å²) in [6, 6.07) is 0. The van der Waals surface area contributed by atoms with Gasteiger partial charge in [0.25, 0.3) is 10.1 Å². The molecule has 0 amide bonds. The monoisotopic (exact) mass is 266 g/mol. The van der Waals surface area contributed by atoms with Gasteiger partial charge in [0.1, 0.15) is 0 Å². The van der Waals surface area contributed by atoms with E-state index in [-0.39, 0.29) is 5.75 Å². The van der Waals surface area contributed by atoms with E-state index in [0.717, 1.165) is 10.6 Å². The van der Waals surface area contributed by atoms with Crippen molar-refractivity contribution in [1.82, 2.24) is 0 Å². The van der Waals surface area contributed by atoms with Gasteiger partial charge in [0.15, 0.2) is 0 Å². The lowest BCUT2D eigenvalue weighted by molar-refractivity contribution is -0.870. The van der Waals surface area contributed by atoms with Crippen molar-refractivity contribution in [3.05, 3.63) is 12.7 Å². The van der Waals surface area contributed by atoms with E-state index in [1.807, 2.05) is 0 Å². The molecule has 0 saturated heterocycles. The second-order valence-corrected chi connectivity index (χ2v) is 6.61. The fourth-order valence-electron chi connectivity index (χ4n) is 1.16. The molecule has 17 heavy (non-hydrogen) atoms. The SMILES string of the molecule is C=CCS(=O)(=O)O.CCCCCC[N+](C)(C)C. The molecule has 1 N–H and O–H groups in total. The molecule has 104 valence electrons. The van der Waals surface area contributed by atoms with Crippen LogP contribution in [0.4, 0.5) is 0 Å². The van der Waals surface area contributed by atoms with Gasteiger partial charge >= 0.3 is 0 Å². The molecule has 0 atom stereocenters. The van der Waals surface area contributed by atoms with E-state index in [2.05, 4.69) is 34.6 Å². The Bertz CT molecular complexity index is 279. The van der Waals surface area contributed by atoms with Crippen molar-refractivity contribution in [3.63, 3.8) is 0 Å². The van der Waals surface area contributed by atoms with Gasteiger partial charge in [-0.15, -0.1) is 6.58 Å². The Labute approximate surface area is 107 Å². The van der Waals surface area contributed by atoms with Crippen LogP contribution in [0.15, 0.2) is 12.7 Å². The molecule has 0 fully saturated rings. The third-order valence-electron chi connectivity index (χ3n) is 2.01. The van der Waals surface area contributed by atoms with Crippen LogP contribution in [-0.2, 0) is 10.1 Å².